The zero-order chi connectivity index (χ0) is 31.8. The molecule has 11 heteroatoms. The third-order valence-corrected chi connectivity index (χ3v) is 12.1. The Morgan fingerprint density at radius 1 is 0.907 bits per heavy atom. The molecule has 43 heavy (non-hydrogen) atoms. The molecule has 240 valence electrons. The third-order valence-electron chi connectivity index (χ3n) is 12.1. The van der Waals surface area contributed by atoms with Crippen molar-refractivity contribution in [3.05, 3.63) is 18.7 Å². The van der Waals surface area contributed by atoms with Gasteiger partial charge in [0, 0.05) is 18.3 Å². The molecule has 0 unspecified atom stereocenters. The van der Waals surface area contributed by atoms with E-state index in [2.05, 4.69) is 25.8 Å². The zero-order valence-electron chi connectivity index (χ0n) is 25.6. The molecular formula is C32H48N2O9. The zero-order valence-corrected chi connectivity index (χ0v) is 25.6. The van der Waals surface area contributed by atoms with Crippen molar-refractivity contribution < 1.29 is 44.7 Å². The van der Waals surface area contributed by atoms with Gasteiger partial charge in [-0.3, -0.25) is 14.4 Å². The molecule has 0 aromatic carbocycles. The van der Waals surface area contributed by atoms with Crippen molar-refractivity contribution in [2.75, 3.05) is 0 Å². The first-order valence-electron chi connectivity index (χ1n) is 15.7. The van der Waals surface area contributed by atoms with Crippen LogP contribution >= 0.6 is 0 Å². The topological polar surface area (TPSA) is 187 Å². The number of ketones is 1. The van der Waals surface area contributed by atoms with E-state index in [0.717, 1.165) is 37.5 Å². The standard InChI is InChI=1S/C26H40N2O2.C6H8O7/c1-4-26(30)12-11-24(2)18(15-26)5-6-19-20-7-8-22(25(20,3)10-9-21(19)24)23(29)16-28-14-13-27-17-28;7-3(8)1-6(13,5(11)12)2-4(9)10/h13-14,17-22,30H,4-12,15-16H2,1-3H3;13H,1-2H2,(H,7,8)(H,9,10)(H,11,12)/t18-,19-,20-,21-,22+,24-,25-,26+;/m0./s1. The van der Waals surface area contributed by atoms with Crippen LogP contribution in [0.3, 0.4) is 0 Å². The molecule has 8 atom stereocenters. The minimum absolute atomic E-state index is 0.181. The number of aliphatic carboxylic acids is 3. The number of hydrogen-bond acceptors (Lipinski definition) is 7. The Kier molecular flexibility index (Phi) is 9.47. The summed E-state index contributed by atoms with van der Waals surface area (Å²) in [7, 11) is 0. The molecule has 1 heterocycles. The van der Waals surface area contributed by atoms with Gasteiger partial charge in [-0.25, -0.2) is 9.78 Å². The van der Waals surface area contributed by atoms with Gasteiger partial charge in [0.25, 0.3) is 0 Å². The number of carbonyl (C=O) groups excluding carboxylic acids is 1. The van der Waals surface area contributed by atoms with Gasteiger partial charge in [-0.05, 0) is 98.7 Å². The van der Waals surface area contributed by atoms with Crippen LogP contribution in [0.4, 0.5) is 0 Å². The van der Waals surface area contributed by atoms with Crippen molar-refractivity contribution >= 4 is 23.7 Å². The number of rotatable bonds is 9. The first-order chi connectivity index (χ1) is 20.1. The van der Waals surface area contributed by atoms with E-state index in [1.54, 1.807) is 12.5 Å². The lowest BCUT2D eigenvalue weighted by molar-refractivity contribution is -0.170. The summed E-state index contributed by atoms with van der Waals surface area (Å²) < 4.78 is 1.94. The first-order valence-corrected chi connectivity index (χ1v) is 15.7. The number of carbonyl (C=O) groups is 4. The minimum Gasteiger partial charge on any atom is -0.481 e. The summed E-state index contributed by atoms with van der Waals surface area (Å²) >= 11 is 0. The molecule has 4 aliphatic rings. The lowest BCUT2D eigenvalue weighted by atomic mass is 9.43. The second-order valence-corrected chi connectivity index (χ2v) is 14.3. The fraction of sp³-hybridized carbons (Fsp3) is 0.781. The van der Waals surface area contributed by atoms with Gasteiger partial charge < -0.3 is 30.1 Å². The van der Waals surface area contributed by atoms with Crippen LogP contribution in [0.2, 0.25) is 0 Å². The smallest absolute Gasteiger partial charge is 0.336 e. The molecular weight excluding hydrogens is 556 g/mol. The highest BCUT2D eigenvalue weighted by atomic mass is 16.4. The van der Waals surface area contributed by atoms with Crippen LogP contribution in [0.25, 0.3) is 0 Å². The summed E-state index contributed by atoms with van der Waals surface area (Å²) in [5.74, 6) is -1.42. The van der Waals surface area contributed by atoms with Crippen molar-refractivity contribution in [2.24, 2.45) is 40.4 Å². The number of aliphatic hydroxyl groups is 2. The van der Waals surface area contributed by atoms with Gasteiger partial charge in [0.1, 0.15) is 0 Å². The second kappa shape index (κ2) is 12.3. The van der Waals surface area contributed by atoms with Gasteiger partial charge in [0.05, 0.1) is 31.3 Å². The van der Waals surface area contributed by atoms with E-state index in [1.165, 1.54) is 38.5 Å². The van der Waals surface area contributed by atoms with Gasteiger partial charge in [0.2, 0.25) is 0 Å². The van der Waals surface area contributed by atoms with Gasteiger partial charge >= 0.3 is 17.9 Å². The number of carboxylic acid groups (broad SMARTS) is 3. The Morgan fingerprint density at radius 2 is 1.56 bits per heavy atom. The first kappa shape index (κ1) is 33.1. The Hall–Kier alpha value is -2.79. The van der Waals surface area contributed by atoms with E-state index in [0.29, 0.717) is 29.6 Å². The quantitative estimate of drug-likeness (QED) is 0.276. The molecule has 0 amide bonds. The summed E-state index contributed by atoms with van der Waals surface area (Å²) in [6.07, 6.45) is 14.6. The highest BCUT2D eigenvalue weighted by Crippen LogP contribution is 2.68. The third kappa shape index (κ3) is 6.53. The van der Waals surface area contributed by atoms with Crippen molar-refractivity contribution in [2.45, 2.75) is 116 Å². The molecule has 1 aromatic rings. The molecule has 0 aliphatic heterocycles. The van der Waals surface area contributed by atoms with Gasteiger partial charge in [-0.1, -0.05) is 20.8 Å². The molecule has 4 aliphatic carbocycles. The summed E-state index contributed by atoms with van der Waals surface area (Å²) in [6, 6.07) is 0. The monoisotopic (exact) mass is 604 g/mol. The highest BCUT2D eigenvalue weighted by molar-refractivity contribution is 5.88. The SMILES string of the molecule is CC[C@@]1(O)CC[C@@]2(C)[C@@H](CC[C@@H]3[C@@H]2CC[C@]2(C)[C@@H](C(=O)Cn4ccnc4)CC[C@@H]32)C1.O=C(O)CC(O)(CC(=O)O)C(=O)O. The maximum Gasteiger partial charge on any atom is 0.336 e. The van der Waals surface area contributed by atoms with Crippen LogP contribution in [0.15, 0.2) is 18.7 Å². The number of nitrogens with zero attached hydrogens (tertiary/aromatic N) is 2. The van der Waals surface area contributed by atoms with E-state index < -0.39 is 42.0 Å². The van der Waals surface area contributed by atoms with Crippen molar-refractivity contribution in [1.29, 1.82) is 0 Å². The predicted molar refractivity (Wildman–Crippen MR) is 155 cm³/mol. The maximum atomic E-state index is 13.3. The lowest BCUT2D eigenvalue weighted by Gasteiger charge is -2.62. The largest absolute Gasteiger partial charge is 0.481 e. The number of hydrogen-bond donors (Lipinski definition) is 5. The molecule has 11 nitrogen and oxygen atoms in total. The summed E-state index contributed by atoms with van der Waals surface area (Å²) in [4.78, 5) is 47.8. The van der Waals surface area contributed by atoms with E-state index in [1.807, 2.05) is 10.8 Å². The van der Waals surface area contributed by atoms with Crippen molar-refractivity contribution in [3.63, 3.8) is 0 Å². The van der Waals surface area contributed by atoms with E-state index in [-0.39, 0.29) is 11.3 Å². The molecule has 4 fully saturated rings. The molecule has 4 saturated carbocycles. The Bertz CT molecular complexity index is 1190. The number of Topliss-reactive ketones (excluding diaryl/α,β-unsaturated/α-hetero) is 1. The number of imidazole rings is 1. The highest BCUT2D eigenvalue weighted by Gasteiger charge is 2.61. The fourth-order valence-corrected chi connectivity index (χ4v) is 9.56. The van der Waals surface area contributed by atoms with Crippen molar-refractivity contribution in [3.8, 4) is 0 Å². The predicted octanol–water partition coefficient (Wildman–Crippen LogP) is 4.00. The van der Waals surface area contributed by atoms with Crippen LogP contribution < -0.4 is 0 Å². The van der Waals surface area contributed by atoms with Crippen LogP contribution in [-0.4, -0.2) is 70.0 Å². The number of carboxylic acids is 3. The molecule has 5 rings (SSSR count). The molecule has 5 N–H and O–H groups in total. The lowest BCUT2D eigenvalue weighted by Crippen LogP contribution is -2.56. The van der Waals surface area contributed by atoms with Gasteiger partial charge in [0.15, 0.2) is 11.4 Å². The molecule has 0 spiro atoms. The summed E-state index contributed by atoms with van der Waals surface area (Å²) in [5.41, 5.74) is -2.58. The normalized spacial score (nSPS) is 36.7. The van der Waals surface area contributed by atoms with E-state index >= 15 is 0 Å². The molecule has 0 saturated heterocycles. The average Bonchev–Trinajstić information content (AvgIpc) is 3.55. The Morgan fingerprint density at radius 3 is 2.12 bits per heavy atom. The maximum absolute atomic E-state index is 13.3. The van der Waals surface area contributed by atoms with Crippen LogP contribution in [0.1, 0.15) is 97.8 Å². The summed E-state index contributed by atoms with van der Waals surface area (Å²) in [5, 5.41) is 44.8. The van der Waals surface area contributed by atoms with E-state index in [4.69, 9.17) is 20.4 Å². The average molecular weight is 605 g/mol. The number of aromatic nitrogens is 2. The van der Waals surface area contributed by atoms with Crippen molar-refractivity contribution in [1.82, 2.24) is 9.55 Å². The minimum atomic E-state index is -2.74. The number of fused-ring (bicyclic) bond motifs is 5. The summed E-state index contributed by atoms with van der Waals surface area (Å²) in [6.45, 7) is 7.64. The van der Waals surface area contributed by atoms with Gasteiger partial charge in [-0.2, -0.15) is 0 Å². The molecule has 1 aromatic heterocycles. The van der Waals surface area contributed by atoms with Crippen LogP contribution in [0.5, 0.6) is 0 Å². The Labute approximate surface area is 252 Å². The van der Waals surface area contributed by atoms with E-state index in [9.17, 15) is 24.3 Å². The second-order valence-electron chi connectivity index (χ2n) is 14.3. The van der Waals surface area contributed by atoms with Crippen LogP contribution in [-0.2, 0) is 25.7 Å². The van der Waals surface area contributed by atoms with Crippen LogP contribution in [0, 0.1) is 40.4 Å². The van der Waals surface area contributed by atoms with Gasteiger partial charge in [-0.15, -0.1) is 0 Å². The molecule has 0 radical (unpaired) electrons. The Balaban J connectivity index is 0.000000277. The fourth-order valence-electron chi connectivity index (χ4n) is 9.56. The molecule has 0 bridgehead atoms.